The first-order chi connectivity index (χ1) is 20.6. The van der Waals surface area contributed by atoms with Crippen LogP contribution in [-0.4, -0.2) is 24.5 Å². The van der Waals surface area contributed by atoms with E-state index in [9.17, 15) is 0 Å². The molecule has 0 bridgehead atoms. The standard InChI is InChI=1S/C37H27N5/c1-37(2)29-15-9-10-16-31(29)42-32-22-21-28(23-30(32)38-36(37)42)35-40-33(26-13-7-4-8-14-26)39-34(41-35)27-19-17-25(18-20-27)24-11-5-3-6-12-24/h3-23H,1-2H3. The molecule has 0 N–H and O–H groups in total. The number of imidazole rings is 1. The second kappa shape index (κ2) is 9.32. The van der Waals surface area contributed by atoms with Crippen molar-refractivity contribution in [3.8, 4) is 51.0 Å². The van der Waals surface area contributed by atoms with E-state index in [1.54, 1.807) is 0 Å². The number of hydrogen-bond donors (Lipinski definition) is 0. The number of aromatic nitrogens is 5. The summed E-state index contributed by atoms with van der Waals surface area (Å²) in [5.41, 5.74) is 9.46. The third kappa shape index (κ3) is 3.85. The second-order valence-corrected chi connectivity index (χ2v) is 11.2. The van der Waals surface area contributed by atoms with Crippen molar-refractivity contribution in [3.05, 3.63) is 139 Å². The maximum absolute atomic E-state index is 5.14. The highest BCUT2D eigenvalue weighted by molar-refractivity contribution is 5.85. The normalized spacial score (nSPS) is 13.2. The molecule has 5 aromatic carbocycles. The molecule has 1 aliphatic heterocycles. The molecule has 1 aliphatic rings. The largest absolute Gasteiger partial charge is 0.295 e. The Labute approximate surface area is 244 Å². The summed E-state index contributed by atoms with van der Waals surface area (Å²) in [7, 11) is 0. The van der Waals surface area contributed by atoms with Crippen LogP contribution in [0.25, 0.3) is 62.0 Å². The van der Waals surface area contributed by atoms with Crippen molar-refractivity contribution in [1.29, 1.82) is 0 Å². The van der Waals surface area contributed by atoms with Gasteiger partial charge < -0.3 is 0 Å². The number of benzene rings is 5. The smallest absolute Gasteiger partial charge is 0.164 e. The molecular weight excluding hydrogens is 514 g/mol. The van der Waals surface area contributed by atoms with Crippen molar-refractivity contribution in [2.24, 2.45) is 0 Å². The van der Waals surface area contributed by atoms with Crippen LogP contribution in [0, 0.1) is 0 Å². The Hall–Kier alpha value is -5.42. The fourth-order valence-electron chi connectivity index (χ4n) is 5.99. The molecule has 0 amide bonds. The molecule has 0 fully saturated rings. The molecule has 2 aromatic heterocycles. The molecule has 7 aromatic rings. The summed E-state index contributed by atoms with van der Waals surface area (Å²) in [6, 6.07) is 43.8. The second-order valence-electron chi connectivity index (χ2n) is 11.2. The van der Waals surface area contributed by atoms with Crippen LogP contribution in [-0.2, 0) is 5.41 Å². The summed E-state index contributed by atoms with van der Waals surface area (Å²) < 4.78 is 2.29. The Morgan fingerprint density at radius 1 is 0.476 bits per heavy atom. The van der Waals surface area contributed by atoms with E-state index in [0.29, 0.717) is 17.5 Å². The van der Waals surface area contributed by atoms with Crippen LogP contribution in [0.4, 0.5) is 0 Å². The lowest BCUT2D eigenvalue weighted by molar-refractivity contribution is 0.621. The van der Waals surface area contributed by atoms with E-state index in [0.717, 1.165) is 39.1 Å². The first-order valence-electron chi connectivity index (χ1n) is 14.2. The van der Waals surface area contributed by atoms with E-state index >= 15 is 0 Å². The van der Waals surface area contributed by atoms with Gasteiger partial charge in [-0.05, 0) is 54.8 Å². The van der Waals surface area contributed by atoms with Crippen LogP contribution >= 0.6 is 0 Å². The molecule has 3 heterocycles. The van der Waals surface area contributed by atoms with E-state index in [2.05, 4.69) is 109 Å². The van der Waals surface area contributed by atoms with E-state index in [-0.39, 0.29) is 5.41 Å². The first kappa shape index (κ1) is 24.4. The van der Waals surface area contributed by atoms with Crippen molar-refractivity contribution >= 4 is 11.0 Å². The molecule has 5 heteroatoms. The fraction of sp³-hybridized carbons (Fsp3) is 0.0811. The maximum Gasteiger partial charge on any atom is 0.164 e. The van der Waals surface area contributed by atoms with Gasteiger partial charge in [-0.15, -0.1) is 0 Å². The van der Waals surface area contributed by atoms with E-state index in [4.69, 9.17) is 19.9 Å². The highest BCUT2D eigenvalue weighted by Gasteiger charge is 2.38. The molecule has 8 rings (SSSR count). The van der Waals surface area contributed by atoms with Gasteiger partial charge in [0.2, 0.25) is 0 Å². The molecule has 0 saturated carbocycles. The van der Waals surface area contributed by atoms with Crippen molar-refractivity contribution in [2.75, 3.05) is 0 Å². The Kier molecular flexibility index (Phi) is 5.41. The number of nitrogens with zero attached hydrogens (tertiary/aromatic N) is 5. The Morgan fingerprint density at radius 2 is 0.976 bits per heavy atom. The van der Waals surface area contributed by atoms with Crippen LogP contribution in [0.3, 0.4) is 0 Å². The monoisotopic (exact) mass is 541 g/mol. The lowest BCUT2D eigenvalue weighted by Crippen LogP contribution is -2.16. The zero-order valence-corrected chi connectivity index (χ0v) is 23.4. The SMILES string of the molecule is CC1(C)c2ccccc2-n2c1nc1cc(-c3nc(-c4ccccc4)nc(-c4ccc(-c5ccccc5)cc4)n3)ccc12. The van der Waals surface area contributed by atoms with Crippen LogP contribution in [0.1, 0.15) is 25.2 Å². The molecule has 0 saturated heterocycles. The Bertz CT molecular complexity index is 2090. The predicted molar refractivity (Wildman–Crippen MR) is 168 cm³/mol. The van der Waals surface area contributed by atoms with Gasteiger partial charge in [0.05, 0.1) is 22.1 Å². The third-order valence-corrected chi connectivity index (χ3v) is 8.21. The molecule has 42 heavy (non-hydrogen) atoms. The molecule has 5 nitrogen and oxygen atoms in total. The van der Waals surface area contributed by atoms with Crippen molar-refractivity contribution in [1.82, 2.24) is 24.5 Å². The fourth-order valence-corrected chi connectivity index (χ4v) is 5.99. The molecule has 0 atom stereocenters. The summed E-state index contributed by atoms with van der Waals surface area (Å²) in [4.78, 5) is 20.0. The summed E-state index contributed by atoms with van der Waals surface area (Å²) in [5.74, 6) is 2.96. The summed E-state index contributed by atoms with van der Waals surface area (Å²) in [5, 5.41) is 0. The first-order valence-corrected chi connectivity index (χ1v) is 14.2. The molecule has 0 aliphatic carbocycles. The number of hydrogen-bond acceptors (Lipinski definition) is 4. The van der Waals surface area contributed by atoms with E-state index in [1.165, 1.54) is 16.8 Å². The number of rotatable bonds is 4. The van der Waals surface area contributed by atoms with Gasteiger partial charge in [-0.25, -0.2) is 19.9 Å². The minimum Gasteiger partial charge on any atom is -0.295 e. The number of para-hydroxylation sites is 1. The van der Waals surface area contributed by atoms with Crippen LogP contribution in [0.15, 0.2) is 127 Å². The van der Waals surface area contributed by atoms with E-state index < -0.39 is 0 Å². The van der Waals surface area contributed by atoms with Gasteiger partial charge in [0.1, 0.15) is 5.82 Å². The van der Waals surface area contributed by atoms with Crippen molar-refractivity contribution in [3.63, 3.8) is 0 Å². The van der Waals surface area contributed by atoms with Crippen molar-refractivity contribution in [2.45, 2.75) is 19.3 Å². The van der Waals surface area contributed by atoms with Gasteiger partial charge in [-0.1, -0.05) is 103 Å². The van der Waals surface area contributed by atoms with Gasteiger partial charge in [0.25, 0.3) is 0 Å². The van der Waals surface area contributed by atoms with Gasteiger partial charge >= 0.3 is 0 Å². The molecule has 0 unspecified atom stereocenters. The number of fused-ring (bicyclic) bond motifs is 5. The van der Waals surface area contributed by atoms with E-state index in [1.807, 2.05) is 36.4 Å². The summed E-state index contributed by atoms with van der Waals surface area (Å²) in [6.45, 7) is 4.48. The lowest BCUT2D eigenvalue weighted by atomic mass is 9.86. The van der Waals surface area contributed by atoms with Crippen LogP contribution in [0.5, 0.6) is 0 Å². The van der Waals surface area contributed by atoms with Gasteiger partial charge in [-0.3, -0.25) is 4.57 Å². The zero-order valence-electron chi connectivity index (χ0n) is 23.4. The molecular formula is C37H27N5. The summed E-state index contributed by atoms with van der Waals surface area (Å²) in [6.07, 6.45) is 0. The quantitative estimate of drug-likeness (QED) is 0.224. The highest BCUT2D eigenvalue weighted by atomic mass is 15.1. The summed E-state index contributed by atoms with van der Waals surface area (Å²) >= 11 is 0. The Balaban J connectivity index is 1.26. The van der Waals surface area contributed by atoms with Gasteiger partial charge in [-0.2, -0.15) is 0 Å². The molecule has 0 radical (unpaired) electrons. The van der Waals surface area contributed by atoms with Crippen LogP contribution < -0.4 is 0 Å². The van der Waals surface area contributed by atoms with Crippen LogP contribution in [0.2, 0.25) is 0 Å². The zero-order chi connectivity index (χ0) is 28.3. The highest BCUT2D eigenvalue weighted by Crippen LogP contribution is 2.44. The minimum absolute atomic E-state index is 0.178. The third-order valence-electron chi connectivity index (χ3n) is 8.21. The maximum atomic E-state index is 5.14. The Morgan fingerprint density at radius 3 is 1.67 bits per heavy atom. The predicted octanol–water partition coefficient (Wildman–Crippen LogP) is 8.52. The average molecular weight is 542 g/mol. The van der Waals surface area contributed by atoms with Gasteiger partial charge in [0, 0.05) is 16.7 Å². The topological polar surface area (TPSA) is 56.5 Å². The van der Waals surface area contributed by atoms with Crippen molar-refractivity contribution < 1.29 is 0 Å². The average Bonchev–Trinajstić information content (AvgIpc) is 3.54. The minimum atomic E-state index is -0.178. The molecule has 0 spiro atoms. The van der Waals surface area contributed by atoms with Gasteiger partial charge in [0.15, 0.2) is 17.5 Å². The molecule has 200 valence electrons. The lowest BCUT2D eigenvalue weighted by Gasteiger charge is -2.17.